The summed E-state index contributed by atoms with van der Waals surface area (Å²) < 4.78 is 0. The van der Waals surface area contributed by atoms with E-state index in [-0.39, 0.29) is 5.91 Å². The summed E-state index contributed by atoms with van der Waals surface area (Å²) in [7, 11) is 0. The van der Waals surface area contributed by atoms with Crippen LogP contribution in [0.4, 0.5) is 5.82 Å². The molecule has 2 heterocycles. The van der Waals surface area contributed by atoms with Crippen LogP contribution < -0.4 is 5.32 Å². The molecule has 0 spiro atoms. The summed E-state index contributed by atoms with van der Waals surface area (Å²) in [4.78, 5) is 12.2. The van der Waals surface area contributed by atoms with Crippen molar-refractivity contribution in [1.82, 2.24) is 20.4 Å². The van der Waals surface area contributed by atoms with E-state index in [1.807, 2.05) is 67.6 Å². The van der Waals surface area contributed by atoms with Crippen molar-refractivity contribution in [2.24, 2.45) is 0 Å². The van der Waals surface area contributed by atoms with Crippen LogP contribution in [-0.4, -0.2) is 26.3 Å². The largest absolute Gasteiger partial charge is 0.309 e. The minimum atomic E-state index is -0.0667. The third kappa shape index (κ3) is 3.29. The fourth-order valence-electron chi connectivity index (χ4n) is 3.11. The van der Waals surface area contributed by atoms with E-state index in [1.54, 1.807) is 0 Å². The van der Waals surface area contributed by atoms with Crippen LogP contribution in [0.1, 0.15) is 19.8 Å². The summed E-state index contributed by atoms with van der Waals surface area (Å²) in [5.41, 5.74) is 4.14. The van der Waals surface area contributed by atoms with E-state index in [9.17, 15) is 4.79 Å². The first-order valence-corrected chi connectivity index (χ1v) is 8.93. The van der Waals surface area contributed by atoms with Gasteiger partial charge in [0.1, 0.15) is 5.69 Å². The number of carbonyl (C=O) groups excluding carboxylic acids is 1. The Hall–Kier alpha value is -3.54. The molecule has 2 N–H and O–H groups in total. The second kappa shape index (κ2) is 7.37. The molecule has 4 rings (SSSR count). The van der Waals surface area contributed by atoms with Crippen molar-refractivity contribution in [2.45, 2.75) is 19.8 Å². The number of rotatable bonds is 5. The van der Waals surface area contributed by atoms with E-state index in [0.717, 1.165) is 34.2 Å². The van der Waals surface area contributed by atoms with Crippen LogP contribution in [-0.2, 0) is 4.79 Å². The molecule has 0 unspecified atom stereocenters. The van der Waals surface area contributed by atoms with Gasteiger partial charge < -0.3 is 5.32 Å². The minimum absolute atomic E-state index is 0.0667. The lowest BCUT2D eigenvalue weighted by molar-refractivity contribution is -0.116. The average Bonchev–Trinajstić information content (AvgIpc) is 3.11. The van der Waals surface area contributed by atoms with Gasteiger partial charge in [-0.15, -0.1) is 10.2 Å². The molecule has 0 saturated carbocycles. The normalized spacial score (nSPS) is 10.9. The van der Waals surface area contributed by atoms with Crippen molar-refractivity contribution in [2.75, 3.05) is 5.32 Å². The van der Waals surface area contributed by atoms with Crippen LogP contribution in [0.25, 0.3) is 33.4 Å². The molecule has 0 fully saturated rings. The molecule has 0 bridgehead atoms. The van der Waals surface area contributed by atoms with Crippen LogP contribution in [0.2, 0.25) is 0 Å². The minimum Gasteiger partial charge on any atom is -0.309 e. The van der Waals surface area contributed by atoms with Gasteiger partial charge in [-0.1, -0.05) is 67.6 Å². The molecule has 6 heteroatoms. The van der Waals surface area contributed by atoms with E-state index in [2.05, 4.69) is 25.7 Å². The zero-order valence-electron chi connectivity index (χ0n) is 14.9. The standard InChI is InChI=1S/C21H19N5O/c1-2-9-16(27)22-20-18-17(14-10-5-3-6-11-14)19(15-12-7-4-8-13-15)23-25-21(18)26-24-20/h3-8,10-13H,2,9H2,1H3,(H2,22,24,25,26,27). The summed E-state index contributed by atoms with van der Waals surface area (Å²) in [6.45, 7) is 1.97. The quantitative estimate of drug-likeness (QED) is 0.553. The van der Waals surface area contributed by atoms with Crippen molar-refractivity contribution in [3.05, 3.63) is 60.7 Å². The molecule has 0 aliphatic carbocycles. The molecular formula is C21H19N5O. The first-order chi connectivity index (χ1) is 13.3. The monoisotopic (exact) mass is 357 g/mol. The van der Waals surface area contributed by atoms with Crippen LogP contribution in [0.15, 0.2) is 60.7 Å². The predicted molar refractivity (Wildman–Crippen MR) is 106 cm³/mol. The number of amides is 1. The molecule has 27 heavy (non-hydrogen) atoms. The molecule has 0 atom stereocenters. The highest BCUT2D eigenvalue weighted by atomic mass is 16.1. The third-order valence-corrected chi connectivity index (χ3v) is 4.33. The maximum absolute atomic E-state index is 12.2. The van der Waals surface area contributed by atoms with Gasteiger partial charge in [0.25, 0.3) is 0 Å². The number of benzene rings is 2. The van der Waals surface area contributed by atoms with Crippen LogP contribution in [0.5, 0.6) is 0 Å². The molecule has 4 aromatic rings. The molecule has 1 amide bonds. The lowest BCUT2D eigenvalue weighted by Gasteiger charge is -2.11. The zero-order chi connectivity index (χ0) is 18.6. The molecular weight excluding hydrogens is 338 g/mol. The highest BCUT2D eigenvalue weighted by Gasteiger charge is 2.20. The predicted octanol–water partition coefficient (Wildman–Crippen LogP) is 4.43. The fourth-order valence-corrected chi connectivity index (χ4v) is 3.11. The number of hydrogen-bond acceptors (Lipinski definition) is 4. The maximum Gasteiger partial charge on any atom is 0.225 e. The lowest BCUT2D eigenvalue weighted by atomic mass is 9.97. The number of fused-ring (bicyclic) bond motifs is 1. The molecule has 2 aromatic carbocycles. The van der Waals surface area contributed by atoms with E-state index in [1.165, 1.54) is 0 Å². The van der Waals surface area contributed by atoms with Gasteiger partial charge in [-0.25, -0.2) is 0 Å². The second-order valence-electron chi connectivity index (χ2n) is 6.25. The number of nitrogens with one attached hydrogen (secondary N) is 2. The third-order valence-electron chi connectivity index (χ3n) is 4.33. The van der Waals surface area contributed by atoms with Gasteiger partial charge in [0, 0.05) is 17.5 Å². The fraction of sp³-hybridized carbons (Fsp3) is 0.143. The number of aromatic amines is 1. The van der Waals surface area contributed by atoms with Gasteiger partial charge in [0.05, 0.1) is 5.39 Å². The number of nitrogens with zero attached hydrogens (tertiary/aromatic N) is 3. The first-order valence-electron chi connectivity index (χ1n) is 8.93. The number of H-pyrrole nitrogens is 1. The van der Waals surface area contributed by atoms with E-state index in [4.69, 9.17) is 0 Å². The molecule has 0 aliphatic heterocycles. The Labute approximate surface area is 156 Å². The van der Waals surface area contributed by atoms with Gasteiger partial charge in [0.2, 0.25) is 5.91 Å². The highest BCUT2D eigenvalue weighted by Crippen LogP contribution is 2.38. The highest BCUT2D eigenvalue weighted by molar-refractivity contribution is 6.08. The van der Waals surface area contributed by atoms with Crippen LogP contribution in [0, 0.1) is 0 Å². The van der Waals surface area contributed by atoms with Crippen molar-refractivity contribution in [1.29, 1.82) is 0 Å². The Morgan fingerprint density at radius 3 is 2.30 bits per heavy atom. The summed E-state index contributed by atoms with van der Waals surface area (Å²) in [6.07, 6.45) is 1.22. The molecule has 0 aliphatic rings. The van der Waals surface area contributed by atoms with Gasteiger partial charge in [-0.05, 0) is 12.0 Å². The van der Waals surface area contributed by atoms with Gasteiger partial charge in [-0.2, -0.15) is 5.10 Å². The first kappa shape index (κ1) is 16.9. The van der Waals surface area contributed by atoms with E-state index < -0.39 is 0 Å². The van der Waals surface area contributed by atoms with Crippen molar-refractivity contribution in [3.8, 4) is 22.4 Å². The Kier molecular flexibility index (Phi) is 4.61. The van der Waals surface area contributed by atoms with Gasteiger partial charge in [-0.3, -0.25) is 9.89 Å². The number of hydrogen-bond donors (Lipinski definition) is 2. The smallest absolute Gasteiger partial charge is 0.225 e. The summed E-state index contributed by atoms with van der Waals surface area (Å²) >= 11 is 0. The van der Waals surface area contributed by atoms with E-state index in [0.29, 0.717) is 17.9 Å². The Morgan fingerprint density at radius 2 is 1.63 bits per heavy atom. The van der Waals surface area contributed by atoms with Gasteiger partial charge in [0.15, 0.2) is 11.5 Å². The van der Waals surface area contributed by atoms with Crippen molar-refractivity contribution in [3.63, 3.8) is 0 Å². The number of carbonyl (C=O) groups is 1. The number of anilines is 1. The molecule has 2 aromatic heterocycles. The maximum atomic E-state index is 12.2. The molecule has 6 nitrogen and oxygen atoms in total. The molecule has 0 radical (unpaired) electrons. The Morgan fingerprint density at radius 1 is 0.963 bits per heavy atom. The summed E-state index contributed by atoms with van der Waals surface area (Å²) in [5, 5.41) is 19.6. The van der Waals surface area contributed by atoms with Crippen LogP contribution >= 0.6 is 0 Å². The lowest BCUT2D eigenvalue weighted by Crippen LogP contribution is -2.11. The second-order valence-corrected chi connectivity index (χ2v) is 6.25. The van der Waals surface area contributed by atoms with E-state index >= 15 is 0 Å². The summed E-state index contributed by atoms with van der Waals surface area (Å²) in [5.74, 6) is 0.414. The molecule has 134 valence electrons. The topological polar surface area (TPSA) is 83.6 Å². The van der Waals surface area contributed by atoms with Crippen molar-refractivity contribution < 1.29 is 4.79 Å². The Bertz CT molecular complexity index is 1070. The zero-order valence-corrected chi connectivity index (χ0v) is 14.9. The van der Waals surface area contributed by atoms with Crippen LogP contribution in [0.3, 0.4) is 0 Å². The average molecular weight is 357 g/mol. The summed E-state index contributed by atoms with van der Waals surface area (Å²) in [6, 6.07) is 19.9. The Balaban J connectivity index is 1.97. The SMILES string of the molecule is CCCC(=O)Nc1n[nH]c2nnc(-c3ccccc3)c(-c3ccccc3)c12. The van der Waals surface area contributed by atoms with Gasteiger partial charge >= 0.3 is 0 Å². The van der Waals surface area contributed by atoms with Crippen molar-refractivity contribution >= 4 is 22.8 Å². The number of aromatic nitrogens is 4. The molecule has 0 saturated heterocycles.